The lowest BCUT2D eigenvalue weighted by molar-refractivity contribution is 0.247. The number of carbonyl (C=O) groups is 1. The third-order valence-electron chi connectivity index (χ3n) is 4.37. The van der Waals surface area contributed by atoms with E-state index in [9.17, 15) is 4.79 Å². The van der Waals surface area contributed by atoms with E-state index in [0.717, 1.165) is 15.9 Å². The number of benzene rings is 3. The van der Waals surface area contributed by atoms with Gasteiger partial charge < -0.3 is 10.1 Å². The molecule has 3 aromatic carbocycles. The summed E-state index contributed by atoms with van der Waals surface area (Å²) in [6.45, 7) is 0. The molecule has 1 heterocycles. The van der Waals surface area contributed by atoms with Gasteiger partial charge in [-0.3, -0.25) is 0 Å². The monoisotopic (exact) mass is 438 g/mol. The number of rotatable bonds is 4. The number of ether oxygens (including phenoxy) is 1. The van der Waals surface area contributed by atoms with Gasteiger partial charge in [0.25, 0.3) is 0 Å². The minimum Gasteiger partial charge on any atom is -0.497 e. The van der Waals surface area contributed by atoms with Gasteiger partial charge in [-0.2, -0.15) is 0 Å². The van der Waals surface area contributed by atoms with Gasteiger partial charge in [0.2, 0.25) is 0 Å². The average Bonchev–Trinajstić information content (AvgIpc) is 3.21. The molecule has 0 fully saturated rings. The number of nitrogens with zero attached hydrogens (tertiary/aromatic N) is 3. The van der Waals surface area contributed by atoms with E-state index in [-0.39, 0.29) is 0 Å². The Morgan fingerprint density at radius 3 is 1.70 bits per heavy atom. The smallest absolute Gasteiger partial charge is 0.363 e. The highest BCUT2D eigenvalue weighted by atomic mass is 35.5. The molecule has 1 N–H and O–H groups in total. The highest BCUT2D eigenvalue weighted by Gasteiger charge is 2.19. The van der Waals surface area contributed by atoms with Crippen LogP contribution in [0.3, 0.4) is 0 Å². The second kappa shape index (κ2) is 8.57. The quantitative estimate of drug-likeness (QED) is 0.423. The Balaban J connectivity index is 1.71. The number of hydrogen-bond donors (Lipinski definition) is 1. The van der Waals surface area contributed by atoms with Crippen LogP contribution >= 0.6 is 23.2 Å². The molecular weight excluding hydrogens is 423 g/mol. The molecule has 0 bridgehead atoms. The first-order chi connectivity index (χ1) is 14.5. The van der Waals surface area contributed by atoms with Gasteiger partial charge in [-0.1, -0.05) is 52.3 Å². The van der Waals surface area contributed by atoms with E-state index < -0.39 is 6.03 Å². The lowest BCUT2D eigenvalue weighted by Crippen LogP contribution is -2.22. The van der Waals surface area contributed by atoms with Crippen LogP contribution in [0, 0.1) is 0 Å². The fourth-order valence-electron chi connectivity index (χ4n) is 2.85. The molecule has 0 unspecified atom stereocenters. The maximum absolute atomic E-state index is 12.8. The molecular formula is C22H16Cl2N4O2. The molecule has 30 heavy (non-hydrogen) atoms. The van der Waals surface area contributed by atoms with E-state index in [1.165, 1.54) is 0 Å². The third kappa shape index (κ3) is 4.30. The Kier molecular flexibility index (Phi) is 5.70. The van der Waals surface area contributed by atoms with Gasteiger partial charge in [0.15, 0.2) is 0 Å². The fraction of sp³-hybridized carbons (Fsp3) is 0.0455. The van der Waals surface area contributed by atoms with Crippen molar-refractivity contribution in [3.8, 4) is 28.3 Å². The van der Waals surface area contributed by atoms with Crippen molar-refractivity contribution in [1.29, 1.82) is 0 Å². The maximum Gasteiger partial charge on any atom is 0.363 e. The number of hydrogen-bond acceptors (Lipinski definition) is 4. The molecule has 0 aliphatic carbocycles. The third-order valence-corrected chi connectivity index (χ3v) is 4.88. The van der Waals surface area contributed by atoms with Crippen molar-refractivity contribution in [2.24, 2.45) is 0 Å². The van der Waals surface area contributed by atoms with Crippen LogP contribution in [0.25, 0.3) is 22.5 Å². The Labute approximate surface area is 183 Å². The lowest BCUT2D eigenvalue weighted by Gasteiger charge is -2.05. The zero-order chi connectivity index (χ0) is 21.1. The van der Waals surface area contributed by atoms with Crippen LogP contribution in [-0.2, 0) is 0 Å². The molecule has 0 aliphatic heterocycles. The Bertz CT molecular complexity index is 1110. The van der Waals surface area contributed by atoms with E-state index in [1.807, 2.05) is 24.3 Å². The molecule has 0 saturated carbocycles. The summed E-state index contributed by atoms with van der Waals surface area (Å²) in [5.41, 5.74) is 3.28. The first kappa shape index (κ1) is 19.9. The molecule has 1 aromatic heterocycles. The van der Waals surface area contributed by atoms with Crippen LogP contribution in [0.15, 0.2) is 72.8 Å². The van der Waals surface area contributed by atoms with Crippen molar-refractivity contribution in [2.45, 2.75) is 0 Å². The topological polar surface area (TPSA) is 69.0 Å². The van der Waals surface area contributed by atoms with Crippen molar-refractivity contribution in [1.82, 2.24) is 15.0 Å². The van der Waals surface area contributed by atoms with Crippen LogP contribution in [0.1, 0.15) is 0 Å². The largest absolute Gasteiger partial charge is 0.497 e. The highest BCUT2D eigenvalue weighted by Crippen LogP contribution is 2.30. The molecule has 150 valence electrons. The van der Waals surface area contributed by atoms with Gasteiger partial charge in [-0.05, 0) is 48.5 Å². The molecule has 0 radical (unpaired) electrons. The van der Waals surface area contributed by atoms with Crippen LogP contribution in [-0.4, -0.2) is 28.1 Å². The van der Waals surface area contributed by atoms with Gasteiger partial charge >= 0.3 is 6.03 Å². The van der Waals surface area contributed by atoms with Gasteiger partial charge in [0, 0.05) is 26.9 Å². The van der Waals surface area contributed by atoms with Crippen LogP contribution in [0.2, 0.25) is 10.0 Å². The summed E-state index contributed by atoms with van der Waals surface area (Å²) >= 11 is 12.0. The minimum absolute atomic E-state index is 0.490. The SMILES string of the molecule is COc1ccc(NC(=O)n2nc(-c3ccc(Cl)cc3)c(-c3ccc(Cl)cc3)n2)cc1. The number of aromatic nitrogens is 3. The van der Waals surface area contributed by atoms with E-state index in [0.29, 0.717) is 32.9 Å². The molecule has 0 aliphatic rings. The predicted octanol–water partition coefficient (Wildman–Crippen LogP) is 6.01. The lowest BCUT2D eigenvalue weighted by atomic mass is 10.1. The summed E-state index contributed by atoms with van der Waals surface area (Å²) < 4.78 is 5.13. The molecule has 1 amide bonds. The van der Waals surface area contributed by atoms with Gasteiger partial charge in [-0.25, -0.2) is 4.79 Å². The van der Waals surface area contributed by atoms with Crippen molar-refractivity contribution >= 4 is 34.9 Å². The fourth-order valence-corrected chi connectivity index (χ4v) is 3.10. The van der Waals surface area contributed by atoms with Gasteiger partial charge in [0.05, 0.1) is 7.11 Å². The standard InChI is InChI=1S/C22H16Cl2N4O2/c1-30-19-12-10-18(11-13-19)25-22(29)28-26-20(14-2-6-16(23)7-3-14)21(27-28)15-4-8-17(24)9-5-15/h2-13H,1H3,(H,25,29). The summed E-state index contributed by atoms with van der Waals surface area (Å²) in [5.74, 6) is 0.695. The predicted molar refractivity (Wildman–Crippen MR) is 118 cm³/mol. The van der Waals surface area contributed by atoms with Crippen molar-refractivity contribution in [2.75, 3.05) is 12.4 Å². The normalized spacial score (nSPS) is 10.6. The summed E-state index contributed by atoms with van der Waals surface area (Å²) in [6, 6.07) is 20.9. The molecule has 0 atom stereocenters. The summed E-state index contributed by atoms with van der Waals surface area (Å²) in [5, 5.41) is 12.9. The second-order valence-corrected chi connectivity index (χ2v) is 7.23. The number of amides is 1. The zero-order valence-electron chi connectivity index (χ0n) is 15.8. The molecule has 0 spiro atoms. The van der Waals surface area contributed by atoms with E-state index >= 15 is 0 Å². The first-order valence-corrected chi connectivity index (χ1v) is 9.74. The summed E-state index contributed by atoms with van der Waals surface area (Å²) in [7, 11) is 1.58. The van der Waals surface area contributed by atoms with Crippen LogP contribution in [0.4, 0.5) is 10.5 Å². The van der Waals surface area contributed by atoms with Crippen LogP contribution in [0.5, 0.6) is 5.75 Å². The van der Waals surface area contributed by atoms with E-state index in [1.54, 1.807) is 55.6 Å². The molecule has 4 rings (SSSR count). The van der Waals surface area contributed by atoms with Crippen molar-refractivity contribution in [3.63, 3.8) is 0 Å². The molecule has 8 heteroatoms. The Hall–Kier alpha value is -3.35. The van der Waals surface area contributed by atoms with Crippen LogP contribution < -0.4 is 10.1 Å². The van der Waals surface area contributed by atoms with Crippen molar-refractivity contribution < 1.29 is 9.53 Å². The Morgan fingerprint density at radius 1 is 0.800 bits per heavy atom. The minimum atomic E-state index is -0.490. The van der Waals surface area contributed by atoms with E-state index in [2.05, 4.69) is 15.5 Å². The number of nitrogens with one attached hydrogen (secondary N) is 1. The Morgan fingerprint density at radius 2 is 1.27 bits per heavy atom. The maximum atomic E-state index is 12.8. The molecule has 0 saturated heterocycles. The number of anilines is 1. The van der Waals surface area contributed by atoms with Gasteiger partial charge in [-0.15, -0.1) is 10.2 Å². The summed E-state index contributed by atoms with van der Waals surface area (Å²) in [4.78, 5) is 13.8. The van der Waals surface area contributed by atoms with Crippen molar-refractivity contribution in [3.05, 3.63) is 82.8 Å². The number of methoxy groups -OCH3 is 1. The van der Waals surface area contributed by atoms with E-state index in [4.69, 9.17) is 27.9 Å². The molecule has 6 nitrogen and oxygen atoms in total. The zero-order valence-corrected chi connectivity index (χ0v) is 17.4. The first-order valence-electron chi connectivity index (χ1n) is 8.98. The number of halogens is 2. The van der Waals surface area contributed by atoms with Gasteiger partial charge in [0.1, 0.15) is 17.1 Å². The summed E-state index contributed by atoms with van der Waals surface area (Å²) in [6.07, 6.45) is 0. The second-order valence-electron chi connectivity index (χ2n) is 6.36. The average molecular weight is 439 g/mol. The number of carbonyl (C=O) groups excluding carboxylic acids is 1. The highest BCUT2D eigenvalue weighted by molar-refractivity contribution is 6.31. The molecule has 4 aromatic rings.